The smallest absolute Gasteiger partial charge is 0.244 e. The molecule has 0 saturated carbocycles. The number of anilines is 1. The zero-order valence-corrected chi connectivity index (χ0v) is 18.0. The number of aryl methyl sites for hydroxylation is 1. The molecule has 7 heteroatoms. The molecule has 30 heavy (non-hydrogen) atoms. The summed E-state index contributed by atoms with van der Waals surface area (Å²) in [6, 6.07) is 20.2. The van der Waals surface area contributed by atoms with Crippen LogP contribution in [0.1, 0.15) is 16.7 Å². The van der Waals surface area contributed by atoms with E-state index in [1.54, 1.807) is 48.5 Å². The fourth-order valence-electron chi connectivity index (χ4n) is 3.61. The van der Waals surface area contributed by atoms with Crippen LogP contribution in [0.15, 0.2) is 77.7 Å². The minimum atomic E-state index is -3.87. The summed E-state index contributed by atoms with van der Waals surface area (Å²) < 4.78 is 28.2. The molecule has 3 aromatic carbocycles. The first kappa shape index (κ1) is 20.6. The van der Waals surface area contributed by atoms with Crippen molar-refractivity contribution < 1.29 is 13.2 Å². The maximum atomic E-state index is 13.5. The number of sulfonamides is 1. The van der Waals surface area contributed by atoms with E-state index in [9.17, 15) is 13.2 Å². The van der Waals surface area contributed by atoms with Gasteiger partial charge in [0, 0.05) is 17.3 Å². The lowest BCUT2D eigenvalue weighted by Crippen LogP contribution is -2.50. The normalized spacial score (nSPS) is 16.7. The molecule has 154 valence electrons. The second kappa shape index (κ2) is 8.22. The molecule has 0 aliphatic carbocycles. The molecular weight excluding hydrogens is 420 g/mol. The van der Waals surface area contributed by atoms with Crippen LogP contribution in [-0.2, 0) is 27.8 Å². The summed E-state index contributed by atoms with van der Waals surface area (Å²) >= 11 is 6.02. The minimum Gasteiger partial charge on any atom is -0.325 e. The number of hydrogen-bond donors (Lipinski definition) is 1. The zero-order chi connectivity index (χ0) is 21.3. The van der Waals surface area contributed by atoms with Gasteiger partial charge in [-0.15, -0.1) is 0 Å². The van der Waals surface area contributed by atoms with Gasteiger partial charge in [0.25, 0.3) is 0 Å². The lowest BCUT2D eigenvalue weighted by Gasteiger charge is -2.35. The number of benzene rings is 3. The van der Waals surface area contributed by atoms with Gasteiger partial charge in [-0.05, 0) is 54.8 Å². The Morgan fingerprint density at radius 3 is 2.40 bits per heavy atom. The molecule has 0 aromatic heterocycles. The highest BCUT2D eigenvalue weighted by Gasteiger charge is 2.39. The Kier molecular flexibility index (Phi) is 5.64. The molecule has 0 radical (unpaired) electrons. The number of carbonyl (C=O) groups is 1. The van der Waals surface area contributed by atoms with Gasteiger partial charge in [-0.25, -0.2) is 8.42 Å². The van der Waals surface area contributed by atoms with E-state index in [-0.39, 0.29) is 17.3 Å². The second-order valence-corrected chi connectivity index (χ2v) is 9.68. The largest absolute Gasteiger partial charge is 0.325 e. The molecular formula is C23H21ClN2O3S. The molecule has 1 N–H and O–H groups in total. The number of rotatable bonds is 4. The van der Waals surface area contributed by atoms with Crippen LogP contribution >= 0.6 is 11.6 Å². The number of fused-ring (bicyclic) bond motifs is 1. The van der Waals surface area contributed by atoms with Crippen molar-refractivity contribution in [3.05, 3.63) is 94.5 Å². The predicted octanol–water partition coefficient (Wildman–Crippen LogP) is 4.40. The summed E-state index contributed by atoms with van der Waals surface area (Å²) in [5.74, 6) is -0.387. The molecule has 1 amide bonds. The van der Waals surface area contributed by atoms with Crippen LogP contribution in [0.3, 0.4) is 0 Å². The first-order valence-electron chi connectivity index (χ1n) is 9.56. The van der Waals surface area contributed by atoms with E-state index >= 15 is 0 Å². The van der Waals surface area contributed by atoms with Gasteiger partial charge < -0.3 is 5.32 Å². The highest BCUT2D eigenvalue weighted by molar-refractivity contribution is 7.89. The van der Waals surface area contributed by atoms with E-state index in [4.69, 9.17) is 11.6 Å². The highest BCUT2D eigenvalue weighted by Crippen LogP contribution is 2.30. The number of nitrogens with one attached hydrogen (secondary N) is 1. The van der Waals surface area contributed by atoms with Crippen LogP contribution < -0.4 is 5.32 Å². The molecule has 0 bridgehead atoms. The Morgan fingerprint density at radius 2 is 1.70 bits per heavy atom. The number of carbonyl (C=O) groups excluding carboxylic acids is 1. The lowest BCUT2D eigenvalue weighted by molar-refractivity contribution is -0.120. The number of halogens is 1. The van der Waals surface area contributed by atoms with Gasteiger partial charge in [0.05, 0.1) is 4.90 Å². The van der Waals surface area contributed by atoms with Gasteiger partial charge >= 0.3 is 0 Å². The predicted molar refractivity (Wildman–Crippen MR) is 118 cm³/mol. The van der Waals surface area contributed by atoms with E-state index in [0.29, 0.717) is 17.1 Å². The molecule has 1 aliphatic heterocycles. The van der Waals surface area contributed by atoms with Gasteiger partial charge in [0.15, 0.2) is 0 Å². The number of amides is 1. The van der Waals surface area contributed by atoms with E-state index in [1.807, 2.05) is 31.2 Å². The van der Waals surface area contributed by atoms with Crippen molar-refractivity contribution in [3.8, 4) is 0 Å². The van der Waals surface area contributed by atoms with Gasteiger partial charge in [-0.1, -0.05) is 59.6 Å². The lowest BCUT2D eigenvalue weighted by atomic mass is 9.95. The Balaban J connectivity index is 1.71. The number of nitrogens with zero attached hydrogens (tertiary/aromatic N) is 1. The van der Waals surface area contributed by atoms with Crippen molar-refractivity contribution in [2.45, 2.75) is 30.8 Å². The third-order valence-corrected chi connectivity index (χ3v) is 7.33. The Bertz CT molecular complexity index is 1190. The first-order valence-corrected chi connectivity index (χ1v) is 11.4. The van der Waals surface area contributed by atoms with Crippen LogP contribution in [0.2, 0.25) is 5.02 Å². The van der Waals surface area contributed by atoms with E-state index in [0.717, 1.165) is 16.7 Å². The summed E-state index contributed by atoms with van der Waals surface area (Å²) in [5, 5.41) is 3.31. The van der Waals surface area contributed by atoms with E-state index in [1.165, 1.54) is 4.31 Å². The van der Waals surface area contributed by atoms with Crippen LogP contribution in [0.5, 0.6) is 0 Å². The van der Waals surface area contributed by atoms with Crippen molar-refractivity contribution in [2.75, 3.05) is 5.32 Å². The average Bonchev–Trinajstić information content (AvgIpc) is 2.73. The highest BCUT2D eigenvalue weighted by atomic mass is 35.5. The van der Waals surface area contributed by atoms with Crippen LogP contribution in [-0.4, -0.2) is 24.7 Å². The summed E-state index contributed by atoms with van der Waals surface area (Å²) in [6.45, 7) is 2.04. The van der Waals surface area contributed by atoms with Crippen molar-refractivity contribution in [3.63, 3.8) is 0 Å². The summed E-state index contributed by atoms with van der Waals surface area (Å²) in [5.41, 5.74) is 3.37. The second-order valence-electron chi connectivity index (χ2n) is 7.35. The molecule has 1 atom stereocenters. The maximum absolute atomic E-state index is 13.5. The molecule has 0 spiro atoms. The quantitative estimate of drug-likeness (QED) is 0.653. The van der Waals surface area contributed by atoms with Crippen molar-refractivity contribution in [2.24, 2.45) is 0 Å². The molecule has 1 aliphatic rings. The topological polar surface area (TPSA) is 66.5 Å². The molecule has 0 saturated heterocycles. The maximum Gasteiger partial charge on any atom is 0.244 e. The Hall–Kier alpha value is -2.67. The fraction of sp³-hybridized carbons (Fsp3) is 0.174. The van der Waals surface area contributed by atoms with Crippen LogP contribution in [0.4, 0.5) is 5.69 Å². The first-order chi connectivity index (χ1) is 14.3. The third-order valence-electron chi connectivity index (χ3n) is 5.23. The van der Waals surface area contributed by atoms with Gasteiger partial charge in [-0.2, -0.15) is 4.31 Å². The zero-order valence-electron chi connectivity index (χ0n) is 16.4. The summed E-state index contributed by atoms with van der Waals surface area (Å²) in [4.78, 5) is 13.3. The van der Waals surface area contributed by atoms with Gasteiger partial charge in [0.1, 0.15) is 6.04 Å². The molecule has 5 nitrogen and oxygen atoms in total. The van der Waals surface area contributed by atoms with E-state index < -0.39 is 16.1 Å². The SMILES string of the molecule is Cc1ccc(S(=O)(=O)N2Cc3ccccc3C[C@H]2C(=O)Nc2cccc(Cl)c2)cc1. The van der Waals surface area contributed by atoms with Crippen molar-refractivity contribution in [1.29, 1.82) is 0 Å². The average molecular weight is 441 g/mol. The molecule has 4 rings (SSSR count). The standard InChI is InChI=1S/C23H21ClN2O3S/c1-16-9-11-21(12-10-16)30(28,29)26-15-18-6-3-2-5-17(18)13-22(26)23(27)25-20-8-4-7-19(24)14-20/h2-12,14,22H,13,15H2,1H3,(H,25,27)/t22-/m0/s1. The van der Waals surface area contributed by atoms with Gasteiger partial charge in [-0.3, -0.25) is 4.79 Å². The summed E-state index contributed by atoms with van der Waals surface area (Å²) in [6.07, 6.45) is 0.299. The Labute approximate surface area is 181 Å². The van der Waals surface area contributed by atoms with Crippen molar-refractivity contribution >= 4 is 33.2 Å². The van der Waals surface area contributed by atoms with Crippen LogP contribution in [0.25, 0.3) is 0 Å². The van der Waals surface area contributed by atoms with Crippen LogP contribution in [0, 0.1) is 6.92 Å². The minimum absolute atomic E-state index is 0.139. The molecule has 3 aromatic rings. The Morgan fingerprint density at radius 1 is 1.00 bits per heavy atom. The van der Waals surface area contributed by atoms with Crippen molar-refractivity contribution in [1.82, 2.24) is 4.31 Å². The molecule has 1 heterocycles. The van der Waals surface area contributed by atoms with E-state index in [2.05, 4.69) is 5.32 Å². The number of hydrogen-bond acceptors (Lipinski definition) is 3. The monoisotopic (exact) mass is 440 g/mol. The fourth-order valence-corrected chi connectivity index (χ4v) is 5.37. The molecule has 0 unspecified atom stereocenters. The summed E-state index contributed by atoms with van der Waals surface area (Å²) in [7, 11) is -3.87. The third kappa shape index (κ3) is 4.12. The van der Waals surface area contributed by atoms with Gasteiger partial charge in [0.2, 0.25) is 15.9 Å². The molecule has 0 fully saturated rings.